The summed E-state index contributed by atoms with van der Waals surface area (Å²) in [6, 6.07) is 21.9. The number of hydrazone groups is 1. The summed E-state index contributed by atoms with van der Waals surface area (Å²) in [6.07, 6.45) is 0.356. The molecule has 0 fully saturated rings. The van der Waals surface area contributed by atoms with E-state index in [1.54, 1.807) is 12.1 Å². The predicted molar refractivity (Wildman–Crippen MR) is 129 cm³/mol. The minimum Gasteiger partial charge on any atom is -0.497 e. The van der Waals surface area contributed by atoms with Crippen LogP contribution in [0.4, 0.5) is 0 Å². The number of nitrogens with zero attached hydrogens (tertiary/aromatic N) is 3. The number of benzene rings is 3. The molecule has 2 aliphatic heterocycles. The van der Waals surface area contributed by atoms with Crippen molar-refractivity contribution in [1.82, 2.24) is 5.01 Å². The maximum absolute atomic E-state index is 12.4. The molecular formula is C25H21N3O4S. The van der Waals surface area contributed by atoms with Crippen molar-refractivity contribution in [3.05, 3.63) is 77.9 Å². The van der Waals surface area contributed by atoms with Gasteiger partial charge in [-0.2, -0.15) is 10.1 Å². The Morgan fingerprint density at radius 1 is 1.12 bits per heavy atom. The Morgan fingerprint density at radius 2 is 1.88 bits per heavy atom. The van der Waals surface area contributed by atoms with Crippen LogP contribution in [0.3, 0.4) is 0 Å². The van der Waals surface area contributed by atoms with E-state index in [1.807, 2.05) is 42.5 Å². The number of hydrogen-bond donors (Lipinski definition) is 1. The van der Waals surface area contributed by atoms with E-state index in [-0.39, 0.29) is 12.5 Å². The lowest BCUT2D eigenvalue weighted by atomic mass is 9.95. The van der Waals surface area contributed by atoms with Crippen molar-refractivity contribution in [3.8, 4) is 5.75 Å². The van der Waals surface area contributed by atoms with Crippen LogP contribution in [0, 0.1) is 0 Å². The van der Waals surface area contributed by atoms with Crippen LogP contribution >= 0.6 is 11.8 Å². The molecule has 2 heterocycles. The molecule has 0 spiro atoms. The van der Waals surface area contributed by atoms with E-state index < -0.39 is 17.1 Å². The molecule has 8 heteroatoms. The highest BCUT2D eigenvalue weighted by Crippen LogP contribution is 2.39. The van der Waals surface area contributed by atoms with Crippen molar-refractivity contribution in [2.45, 2.75) is 24.1 Å². The largest absolute Gasteiger partial charge is 0.497 e. The number of thioether (sulfide) groups is 1. The minimum absolute atomic E-state index is 0.174. The maximum Gasteiger partial charge on any atom is 0.305 e. The second-order valence-electron chi connectivity index (χ2n) is 7.85. The van der Waals surface area contributed by atoms with Crippen LogP contribution in [0.2, 0.25) is 0 Å². The van der Waals surface area contributed by atoms with Crippen molar-refractivity contribution in [1.29, 1.82) is 0 Å². The fourth-order valence-electron chi connectivity index (χ4n) is 4.18. The van der Waals surface area contributed by atoms with Gasteiger partial charge in [0.1, 0.15) is 11.0 Å². The second kappa shape index (κ2) is 8.71. The number of amides is 1. The molecule has 0 aliphatic carbocycles. The molecule has 2 atom stereocenters. The summed E-state index contributed by atoms with van der Waals surface area (Å²) in [7, 11) is 1.62. The smallest absolute Gasteiger partial charge is 0.305 e. The van der Waals surface area contributed by atoms with Gasteiger partial charge in [-0.1, -0.05) is 66.4 Å². The number of aliphatic imine (C=N–C) groups is 1. The average Bonchev–Trinajstić information content (AvgIpc) is 3.42. The lowest BCUT2D eigenvalue weighted by Crippen LogP contribution is -2.24. The van der Waals surface area contributed by atoms with Gasteiger partial charge < -0.3 is 9.84 Å². The first-order valence-corrected chi connectivity index (χ1v) is 11.4. The molecule has 2 unspecified atom stereocenters. The number of hydrogen-bond acceptors (Lipinski definition) is 6. The third-order valence-corrected chi connectivity index (χ3v) is 6.94. The van der Waals surface area contributed by atoms with Gasteiger partial charge in [-0.15, -0.1) is 0 Å². The number of fused-ring (bicyclic) bond motifs is 1. The Balaban J connectivity index is 1.54. The maximum atomic E-state index is 12.4. The molecule has 0 bridgehead atoms. The fraction of sp³-hybridized carbons (Fsp3) is 0.200. The summed E-state index contributed by atoms with van der Waals surface area (Å²) in [5.74, 6) is -0.701. The van der Waals surface area contributed by atoms with E-state index in [0.717, 1.165) is 33.4 Å². The van der Waals surface area contributed by atoms with Crippen LogP contribution in [0.15, 0.2) is 76.8 Å². The Hall–Kier alpha value is -3.65. The molecule has 33 heavy (non-hydrogen) atoms. The van der Waals surface area contributed by atoms with E-state index >= 15 is 0 Å². The number of amidine groups is 1. The zero-order chi connectivity index (χ0) is 22.9. The quantitative estimate of drug-likeness (QED) is 0.605. The summed E-state index contributed by atoms with van der Waals surface area (Å²) in [6.45, 7) is 0. The van der Waals surface area contributed by atoms with E-state index in [1.165, 1.54) is 11.8 Å². The van der Waals surface area contributed by atoms with Crippen LogP contribution in [0.25, 0.3) is 10.8 Å². The molecule has 7 nitrogen and oxygen atoms in total. The molecule has 1 amide bonds. The first-order chi connectivity index (χ1) is 16.0. The van der Waals surface area contributed by atoms with Gasteiger partial charge in [-0.25, -0.2) is 5.01 Å². The summed E-state index contributed by atoms with van der Waals surface area (Å²) < 4.78 is 5.29. The van der Waals surface area contributed by atoms with Crippen LogP contribution in [-0.2, 0) is 9.59 Å². The SMILES string of the molecule is COc1ccc(C2CC(c3cccc4ccccc34)=NN2C2=NC(=O)C(CC(=O)O)S2)cc1. The topological polar surface area (TPSA) is 91.6 Å². The van der Waals surface area contributed by atoms with Gasteiger partial charge in [0.2, 0.25) is 0 Å². The van der Waals surface area contributed by atoms with E-state index in [2.05, 4.69) is 29.3 Å². The van der Waals surface area contributed by atoms with Crippen molar-refractivity contribution >= 4 is 45.3 Å². The molecular weight excluding hydrogens is 438 g/mol. The minimum atomic E-state index is -1.02. The molecule has 0 radical (unpaired) electrons. The molecule has 5 rings (SSSR count). The normalized spacial score (nSPS) is 20.2. The van der Waals surface area contributed by atoms with E-state index in [0.29, 0.717) is 11.6 Å². The summed E-state index contributed by atoms with van der Waals surface area (Å²) in [5.41, 5.74) is 2.93. The highest BCUT2D eigenvalue weighted by molar-refractivity contribution is 8.15. The van der Waals surface area contributed by atoms with E-state index in [9.17, 15) is 9.59 Å². The van der Waals surface area contributed by atoms with Crippen molar-refractivity contribution in [3.63, 3.8) is 0 Å². The fourth-order valence-corrected chi connectivity index (χ4v) is 5.23. The highest BCUT2D eigenvalue weighted by atomic mass is 32.2. The Kier molecular flexibility index (Phi) is 5.60. The molecule has 1 N–H and O–H groups in total. The van der Waals surface area contributed by atoms with Gasteiger partial charge in [0.15, 0.2) is 5.17 Å². The van der Waals surface area contributed by atoms with Crippen molar-refractivity contribution in [2.24, 2.45) is 10.1 Å². The predicted octanol–water partition coefficient (Wildman–Crippen LogP) is 4.47. The number of ether oxygens (including phenoxy) is 1. The Bertz CT molecular complexity index is 1300. The molecule has 0 saturated heterocycles. The van der Waals surface area contributed by atoms with Gasteiger partial charge in [-0.3, -0.25) is 9.59 Å². The zero-order valence-corrected chi connectivity index (χ0v) is 18.7. The molecule has 3 aromatic rings. The number of carbonyl (C=O) groups excluding carboxylic acids is 1. The number of carboxylic acids is 1. The first kappa shape index (κ1) is 21.2. The standard InChI is InChI=1S/C25H21N3O4S/c1-32-17-11-9-16(10-12-17)21-13-20(19-8-4-6-15-5-2-3-7-18(15)19)27-28(21)25-26-24(31)22(33-25)14-23(29)30/h2-12,21-22H,13-14H2,1H3,(H,29,30). The first-order valence-electron chi connectivity index (χ1n) is 10.5. The van der Waals surface area contributed by atoms with Gasteiger partial charge in [-0.05, 0) is 28.5 Å². The van der Waals surface area contributed by atoms with Crippen LogP contribution in [0.5, 0.6) is 5.75 Å². The van der Waals surface area contributed by atoms with E-state index in [4.69, 9.17) is 14.9 Å². The second-order valence-corrected chi connectivity index (χ2v) is 9.02. The van der Waals surface area contributed by atoms with Crippen molar-refractivity contribution < 1.29 is 19.4 Å². The average molecular weight is 460 g/mol. The molecule has 0 aromatic heterocycles. The van der Waals surface area contributed by atoms with Crippen LogP contribution in [-0.4, -0.2) is 45.2 Å². The number of methoxy groups -OCH3 is 1. The molecule has 166 valence electrons. The Morgan fingerprint density at radius 3 is 2.64 bits per heavy atom. The third kappa shape index (κ3) is 4.09. The number of carboxylic acid groups (broad SMARTS) is 1. The monoisotopic (exact) mass is 459 g/mol. The summed E-state index contributed by atoms with van der Waals surface area (Å²) in [4.78, 5) is 27.7. The van der Waals surface area contributed by atoms with Crippen LogP contribution in [0.1, 0.15) is 30.0 Å². The highest BCUT2D eigenvalue weighted by Gasteiger charge is 2.39. The van der Waals surface area contributed by atoms with Gasteiger partial charge in [0.25, 0.3) is 5.91 Å². The van der Waals surface area contributed by atoms with Crippen molar-refractivity contribution in [2.75, 3.05) is 7.11 Å². The van der Waals surface area contributed by atoms with Crippen LogP contribution < -0.4 is 4.74 Å². The molecule has 0 saturated carbocycles. The number of rotatable bonds is 5. The van der Waals surface area contributed by atoms with Gasteiger partial charge in [0.05, 0.1) is 25.3 Å². The lowest BCUT2D eigenvalue weighted by molar-refractivity contribution is -0.138. The van der Waals surface area contributed by atoms with Gasteiger partial charge in [0, 0.05) is 12.0 Å². The van der Waals surface area contributed by atoms with Gasteiger partial charge >= 0.3 is 5.97 Å². The lowest BCUT2D eigenvalue weighted by Gasteiger charge is -2.23. The zero-order valence-electron chi connectivity index (χ0n) is 17.8. The summed E-state index contributed by atoms with van der Waals surface area (Å²) in [5, 5.41) is 17.8. The summed E-state index contributed by atoms with van der Waals surface area (Å²) >= 11 is 1.17. The third-order valence-electron chi connectivity index (χ3n) is 5.80. The Labute approximate surface area is 194 Å². The molecule has 2 aliphatic rings. The number of aliphatic carboxylic acids is 1. The molecule has 3 aromatic carbocycles. The number of carbonyl (C=O) groups is 2.